The second-order valence-electron chi connectivity index (χ2n) is 22.6. The number of imide groups is 1. The number of nitrogens with one attached hydrogen (secondary N) is 3. The highest BCUT2D eigenvalue weighted by atomic mass is 16.6. The number of carbonyl (C=O) groups excluding carboxylic acids is 7. The number of nitrogens with zero attached hydrogens (tertiary/aromatic N) is 13. The number of carbonyl (C=O) groups is 7. The van der Waals surface area contributed by atoms with Gasteiger partial charge in [0.1, 0.15) is 29.1 Å². The number of hydrogen-bond donors (Lipinski definition) is 5. The summed E-state index contributed by atoms with van der Waals surface area (Å²) in [6, 6.07) is 6.09. The summed E-state index contributed by atoms with van der Waals surface area (Å²) in [4.78, 5) is 102. The zero-order chi connectivity index (χ0) is 71.6. The zero-order valence-corrected chi connectivity index (χ0v) is 57.1. The van der Waals surface area contributed by atoms with Crippen molar-refractivity contribution in [3.05, 3.63) is 83.5 Å². The van der Waals surface area contributed by atoms with Crippen LogP contribution in [0.3, 0.4) is 0 Å². The van der Waals surface area contributed by atoms with E-state index in [0.717, 1.165) is 56.3 Å². The smallest absolute Gasteiger partial charge is 0.280 e. The maximum atomic E-state index is 13.6. The minimum atomic E-state index is -0.697. The second-order valence-corrected chi connectivity index (χ2v) is 22.6. The number of methoxy groups -OCH3 is 1. The fraction of sp³-hybridized carbons (Fsp3) is 0.547. The molecule has 0 saturated carbocycles. The van der Waals surface area contributed by atoms with Gasteiger partial charge in [-0.15, -0.1) is 10.2 Å². The summed E-state index contributed by atoms with van der Waals surface area (Å²) in [5.41, 5.74) is 13.5. The van der Waals surface area contributed by atoms with E-state index in [4.69, 9.17) is 73.3 Å². The van der Waals surface area contributed by atoms with E-state index in [1.54, 1.807) is 35.4 Å². The molecule has 0 radical (unpaired) electrons. The molecule has 101 heavy (non-hydrogen) atoms. The van der Waals surface area contributed by atoms with Crippen molar-refractivity contribution >= 4 is 75.3 Å². The quantitative estimate of drug-likeness (QED) is 0.0177. The first-order valence-corrected chi connectivity index (χ1v) is 33.0. The van der Waals surface area contributed by atoms with Crippen LogP contribution in [-0.4, -0.2) is 303 Å². The topological polar surface area (TPSA) is 425 Å². The van der Waals surface area contributed by atoms with Gasteiger partial charge in [0.15, 0.2) is 11.4 Å². The van der Waals surface area contributed by atoms with Crippen LogP contribution >= 0.6 is 0 Å². The van der Waals surface area contributed by atoms with Gasteiger partial charge in [-0.1, -0.05) is 22.6 Å². The summed E-state index contributed by atoms with van der Waals surface area (Å²) in [7, 11) is 4.70. The Kier molecular flexibility index (Phi) is 32.3. The van der Waals surface area contributed by atoms with Crippen LogP contribution in [0.1, 0.15) is 48.1 Å². The van der Waals surface area contributed by atoms with Crippen LogP contribution in [0.25, 0.3) is 22.1 Å². The van der Waals surface area contributed by atoms with E-state index in [9.17, 15) is 33.6 Å². The third-order valence-electron chi connectivity index (χ3n) is 15.3. The Morgan fingerprint density at radius 3 is 1.29 bits per heavy atom. The molecule has 0 unspecified atom stereocenters. The summed E-state index contributed by atoms with van der Waals surface area (Å²) < 4.78 is 74.0. The normalized spacial score (nSPS) is 13.6. The van der Waals surface area contributed by atoms with Gasteiger partial charge in [0.25, 0.3) is 23.6 Å². The molecule has 1 fully saturated rings. The first-order chi connectivity index (χ1) is 49.1. The van der Waals surface area contributed by atoms with E-state index in [1.807, 2.05) is 6.08 Å². The molecule has 8 rings (SSSR count). The summed E-state index contributed by atoms with van der Waals surface area (Å²) >= 11 is 0. The van der Waals surface area contributed by atoms with Crippen molar-refractivity contribution in [1.82, 2.24) is 69.1 Å². The molecule has 2 aliphatic heterocycles. The number of primary amides is 2. The van der Waals surface area contributed by atoms with Gasteiger partial charge in [0, 0.05) is 96.3 Å². The second kappa shape index (κ2) is 42.1. The van der Waals surface area contributed by atoms with Crippen LogP contribution in [0.2, 0.25) is 0 Å². The van der Waals surface area contributed by atoms with Gasteiger partial charge in [-0.25, -0.2) is 9.97 Å². The molecule has 0 aliphatic carbocycles. The third-order valence-corrected chi connectivity index (χ3v) is 15.3. The van der Waals surface area contributed by atoms with E-state index in [0.29, 0.717) is 160 Å². The number of amides is 7. The summed E-state index contributed by atoms with van der Waals surface area (Å²) in [6.45, 7) is 14.1. The highest BCUT2D eigenvalue weighted by Gasteiger charge is 2.27. The number of hydrogen-bond acceptors (Lipinski definition) is 27. The van der Waals surface area contributed by atoms with Gasteiger partial charge in [-0.2, -0.15) is 0 Å². The van der Waals surface area contributed by atoms with Crippen molar-refractivity contribution in [3.63, 3.8) is 0 Å². The Hall–Kier alpha value is -9.25. The predicted octanol–water partition coefficient (Wildman–Crippen LogP) is -0.796. The standard InChI is InChI=1S/C64H90N18O19/c1-76-43-50(72-74-76)61(88)70-63-68-48-39-46(59(65)86)41-52(90-3)57(48)80(63)11-4-5-12-81-58-49(69-64(81)71-62(89)51-44-77(2)75-73-51)40-47(60(66)87)42-53(58)101-18-6-10-78-13-15-79(16-14-78)17-20-92-22-24-94-26-28-96-30-32-98-34-36-100-38-37-99-35-33-97-31-29-95-27-25-93-23-21-91-19-9-67-54(83)45-82-55(84)7-8-56(82)85/h4-5,7-8,39-44H,6,9-38,45H2,1-3H3,(H2,65,86)(H2,66,87)(H,67,83)(H,68,70,88)(H,69,71,89)/b5-4+. The molecular formula is C64H90N18O19. The van der Waals surface area contributed by atoms with Crippen LogP contribution in [0, 0.1) is 0 Å². The number of allylic oxidation sites excluding steroid dienone is 2. The fourth-order valence-corrected chi connectivity index (χ4v) is 10.2. The lowest BCUT2D eigenvalue weighted by Gasteiger charge is -2.34. The number of aryl methyl sites for hydroxylation is 2. The third kappa shape index (κ3) is 25.4. The van der Waals surface area contributed by atoms with Crippen molar-refractivity contribution in [1.29, 1.82) is 0 Å². The van der Waals surface area contributed by atoms with Crippen LogP contribution in [0.5, 0.6) is 11.5 Å². The first-order valence-electron chi connectivity index (χ1n) is 33.0. The van der Waals surface area contributed by atoms with Crippen molar-refractivity contribution in [2.45, 2.75) is 19.5 Å². The van der Waals surface area contributed by atoms with Gasteiger partial charge in [-0.05, 0) is 30.7 Å². The SMILES string of the molecule is COc1cc(C(N)=O)cc2nc(NC(=O)c3cn(C)nn3)n(C/C=C/Cn3c(NC(=O)c4cn(C)nn4)nc4cc(C(N)=O)cc(OCCCN5CCN(CCOCCOCCOCCOCCOCCOCCOCCOCCOCCOCCNC(=O)CN6C(=O)C=CC6=O)CC5)c43)c12. The number of piperazine rings is 1. The van der Waals surface area contributed by atoms with Gasteiger partial charge < -0.3 is 87.7 Å². The van der Waals surface area contributed by atoms with E-state index in [1.165, 1.54) is 47.1 Å². The molecule has 1 saturated heterocycles. The average Bonchev–Trinajstić information content (AvgIpc) is 1.64. The van der Waals surface area contributed by atoms with E-state index in [2.05, 4.69) is 51.4 Å². The first kappa shape index (κ1) is 77.5. The molecule has 7 N–H and O–H groups in total. The molecule has 6 aromatic rings. The van der Waals surface area contributed by atoms with Crippen molar-refractivity contribution < 1.29 is 90.4 Å². The Balaban J connectivity index is 0.640. The minimum Gasteiger partial charge on any atom is -0.494 e. The molecule has 37 heteroatoms. The summed E-state index contributed by atoms with van der Waals surface area (Å²) in [5.74, 6) is -3.17. The highest BCUT2D eigenvalue weighted by molar-refractivity contribution is 6.14. The number of imidazole rings is 2. The number of rotatable bonds is 51. The highest BCUT2D eigenvalue weighted by Crippen LogP contribution is 2.33. The van der Waals surface area contributed by atoms with Crippen molar-refractivity contribution in [3.8, 4) is 11.5 Å². The predicted molar refractivity (Wildman–Crippen MR) is 360 cm³/mol. The largest absolute Gasteiger partial charge is 0.494 e. The monoisotopic (exact) mass is 1410 g/mol. The number of aromatic nitrogens is 10. The van der Waals surface area contributed by atoms with Gasteiger partial charge >= 0.3 is 0 Å². The number of anilines is 2. The average molecular weight is 1420 g/mol. The van der Waals surface area contributed by atoms with Crippen LogP contribution < -0.4 is 36.9 Å². The maximum absolute atomic E-state index is 13.6. The molecule has 2 aromatic carbocycles. The van der Waals surface area contributed by atoms with Crippen LogP contribution in [0.15, 0.2) is 61.0 Å². The molecule has 0 bridgehead atoms. The molecule has 0 atom stereocenters. The minimum absolute atomic E-state index is 0.0420. The van der Waals surface area contributed by atoms with Gasteiger partial charge in [0.05, 0.1) is 169 Å². The summed E-state index contributed by atoms with van der Waals surface area (Å²) in [6.07, 6.45) is 9.45. The van der Waals surface area contributed by atoms with Crippen LogP contribution in [-0.2, 0) is 88.9 Å². The van der Waals surface area contributed by atoms with Gasteiger partial charge in [0.2, 0.25) is 29.6 Å². The zero-order valence-electron chi connectivity index (χ0n) is 57.1. The lowest BCUT2D eigenvalue weighted by atomic mass is 10.1. The van der Waals surface area contributed by atoms with E-state index >= 15 is 0 Å². The number of nitrogens with two attached hydrogens (primary N) is 2. The fourth-order valence-electron chi connectivity index (χ4n) is 10.2. The Bertz CT molecular complexity index is 3700. The molecular weight excluding hydrogens is 1320 g/mol. The van der Waals surface area contributed by atoms with Crippen LogP contribution in [0.4, 0.5) is 11.9 Å². The molecule has 0 spiro atoms. The van der Waals surface area contributed by atoms with E-state index in [-0.39, 0.29) is 79.6 Å². The lowest BCUT2D eigenvalue weighted by Crippen LogP contribution is -2.47. The summed E-state index contributed by atoms with van der Waals surface area (Å²) in [5, 5.41) is 23.8. The van der Waals surface area contributed by atoms with Gasteiger partial charge in [-0.3, -0.25) is 63.4 Å². The molecule has 4 aromatic heterocycles. The molecule has 7 amide bonds. The van der Waals surface area contributed by atoms with E-state index < -0.39 is 41.4 Å². The molecule has 2 aliphatic rings. The van der Waals surface area contributed by atoms with Crippen molar-refractivity contribution in [2.24, 2.45) is 25.6 Å². The Labute approximate surface area is 581 Å². The lowest BCUT2D eigenvalue weighted by molar-refractivity contribution is -0.141. The number of fused-ring (bicyclic) bond motifs is 2. The maximum Gasteiger partial charge on any atom is 0.280 e. The molecule has 37 nitrogen and oxygen atoms in total. The molecule has 6 heterocycles. The van der Waals surface area contributed by atoms with Crippen molar-refractivity contribution in [2.75, 3.05) is 209 Å². The Morgan fingerprint density at radius 1 is 0.505 bits per heavy atom. The number of ether oxygens (including phenoxy) is 12. The molecule has 550 valence electrons. The number of benzene rings is 2. The Morgan fingerprint density at radius 2 is 0.891 bits per heavy atom.